The van der Waals surface area contributed by atoms with E-state index in [1.54, 1.807) is 0 Å². The Morgan fingerprint density at radius 1 is 1.12 bits per heavy atom. The summed E-state index contributed by atoms with van der Waals surface area (Å²) in [7, 11) is -1.29. The molecule has 0 heterocycles. The summed E-state index contributed by atoms with van der Waals surface area (Å²) in [5, 5.41) is 0. The van der Waals surface area contributed by atoms with E-state index in [0.29, 0.717) is 4.46 Å². The topological polar surface area (TPSA) is 0 Å². The molecular formula is C4H9Cl2LiSi. The molecule has 0 rings (SSSR count). The minimum atomic E-state index is -1.29. The molecule has 0 amide bonds. The molecule has 0 nitrogen and oxygen atoms in total. The minimum absolute atomic E-state index is 0. The summed E-state index contributed by atoms with van der Waals surface area (Å²) < 4.78 is 0.576. The van der Waals surface area contributed by atoms with Gasteiger partial charge in [0.2, 0.25) is 0 Å². The van der Waals surface area contributed by atoms with Gasteiger partial charge in [-0.3, -0.25) is 0 Å². The molecule has 4 heteroatoms. The summed E-state index contributed by atoms with van der Waals surface area (Å²) in [6.07, 6.45) is 0. The fourth-order valence-electron chi connectivity index (χ4n) is 0. The van der Waals surface area contributed by atoms with Crippen molar-refractivity contribution in [2.24, 2.45) is 0 Å². The molecule has 0 unspecified atom stereocenters. The van der Waals surface area contributed by atoms with Crippen molar-refractivity contribution in [2.75, 3.05) is 0 Å². The van der Waals surface area contributed by atoms with E-state index in [1.807, 2.05) is 0 Å². The molecule has 0 atom stereocenters. The van der Waals surface area contributed by atoms with Crippen LogP contribution in [0.5, 0.6) is 0 Å². The summed E-state index contributed by atoms with van der Waals surface area (Å²) in [5.41, 5.74) is 0. The zero-order valence-electron chi connectivity index (χ0n) is 5.76. The van der Waals surface area contributed by atoms with Gasteiger partial charge < -0.3 is 23.2 Å². The first-order valence-corrected chi connectivity index (χ1v) is 6.38. The van der Waals surface area contributed by atoms with Crippen LogP contribution in [-0.4, -0.2) is 8.07 Å². The monoisotopic (exact) mass is 162 g/mol. The second kappa shape index (κ2) is 4.25. The van der Waals surface area contributed by atoms with Gasteiger partial charge >= 0.3 is 18.9 Å². The zero-order chi connectivity index (χ0) is 6.08. The van der Waals surface area contributed by atoms with Crippen LogP contribution >= 0.6 is 23.2 Å². The average Bonchev–Trinajstić information content (AvgIpc) is 1.31. The van der Waals surface area contributed by atoms with Crippen LogP contribution in [0.4, 0.5) is 0 Å². The Kier molecular flexibility index (Phi) is 6.43. The second-order valence-corrected chi connectivity index (χ2v) is 9.09. The van der Waals surface area contributed by atoms with Crippen LogP contribution in [0, 0.1) is 4.46 Å². The molecule has 0 aliphatic rings. The Balaban J connectivity index is 0. The van der Waals surface area contributed by atoms with E-state index in [-0.39, 0.29) is 18.9 Å². The van der Waals surface area contributed by atoms with Crippen molar-refractivity contribution in [1.29, 1.82) is 0 Å². The first-order chi connectivity index (χ1) is 2.94. The molecule has 0 bridgehead atoms. The van der Waals surface area contributed by atoms with Crippen molar-refractivity contribution >= 4 is 31.3 Å². The predicted molar refractivity (Wildman–Crippen MR) is 38.3 cm³/mol. The van der Waals surface area contributed by atoms with Crippen LogP contribution in [0.3, 0.4) is 0 Å². The Morgan fingerprint density at radius 3 is 1.25 bits per heavy atom. The Hall–Kier alpha value is 1.39. The minimum Gasteiger partial charge on any atom is -0.331 e. The zero-order valence-corrected chi connectivity index (χ0v) is 8.27. The van der Waals surface area contributed by atoms with Gasteiger partial charge in [0, 0.05) is 0 Å². The van der Waals surface area contributed by atoms with Gasteiger partial charge in [0.1, 0.15) is 0 Å². The second-order valence-electron chi connectivity index (χ2n) is 2.51. The van der Waals surface area contributed by atoms with Gasteiger partial charge in [-0.2, -0.15) is 0 Å². The molecule has 0 aromatic rings. The van der Waals surface area contributed by atoms with E-state index >= 15 is 0 Å². The molecular weight excluding hydrogens is 154 g/mol. The third-order valence-corrected chi connectivity index (χ3v) is 5.10. The van der Waals surface area contributed by atoms with Crippen LogP contribution in [0.2, 0.25) is 19.6 Å². The van der Waals surface area contributed by atoms with Gasteiger partial charge in [0.15, 0.2) is 0 Å². The van der Waals surface area contributed by atoms with Crippen LogP contribution in [0.25, 0.3) is 0 Å². The van der Waals surface area contributed by atoms with Gasteiger partial charge in [0.25, 0.3) is 0 Å². The number of halogens is 2. The van der Waals surface area contributed by atoms with E-state index in [0.717, 1.165) is 0 Å². The van der Waals surface area contributed by atoms with Crippen LogP contribution < -0.4 is 18.9 Å². The normalized spacial score (nSPS) is 11.2. The summed E-state index contributed by atoms with van der Waals surface area (Å²) in [6, 6.07) is 0. The van der Waals surface area contributed by atoms with Gasteiger partial charge in [0.05, 0.1) is 0 Å². The average molecular weight is 163 g/mol. The van der Waals surface area contributed by atoms with Crippen LogP contribution in [-0.2, 0) is 0 Å². The van der Waals surface area contributed by atoms with Crippen molar-refractivity contribution in [1.82, 2.24) is 0 Å². The summed E-state index contributed by atoms with van der Waals surface area (Å²) in [5.74, 6) is 0. The van der Waals surface area contributed by atoms with E-state index in [1.165, 1.54) is 0 Å². The SMILES string of the molecule is C[Si](C)(C)[C-](Cl)Cl.[Li+]. The number of hydrogen-bond donors (Lipinski definition) is 0. The summed E-state index contributed by atoms with van der Waals surface area (Å²) in [6.45, 7) is 6.30. The largest absolute Gasteiger partial charge is 1.00 e. The molecule has 8 heavy (non-hydrogen) atoms. The fraction of sp³-hybridized carbons (Fsp3) is 0.750. The van der Waals surface area contributed by atoms with E-state index in [9.17, 15) is 0 Å². The smallest absolute Gasteiger partial charge is 0.331 e. The summed E-state index contributed by atoms with van der Waals surface area (Å²) in [4.78, 5) is 0. The van der Waals surface area contributed by atoms with Gasteiger partial charge in [-0.1, -0.05) is 27.7 Å². The maximum absolute atomic E-state index is 5.50. The third-order valence-electron chi connectivity index (χ3n) is 0.567. The Bertz CT molecular complexity index is 59.5. The molecule has 44 valence electrons. The molecule has 0 aromatic heterocycles. The van der Waals surface area contributed by atoms with Crippen LogP contribution in [0.1, 0.15) is 0 Å². The van der Waals surface area contributed by atoms with Gasteiger partial charge in [-0.15, -0.1) is 4.46 Å². The van der Waals surface area contributed by atoms with Crippen molar-refractivity contribution in [3.8, 4) is 0 Å². The maximum atomic E-state index is 5.50. The van der Waals surface area contributed by atoms with Crippen molar-refractivity contribution in [3.05, 3.63) is 4.46 Å². The van der Waals surface area contributed by atoms with Crippen LogP contribution in [0.15, 0.2) is 0 Å². The molecule has 0 saturated carbocycles. The molecule has 0 N–H and O–H groups in total. The molecule has 0 spiro atoms. The van der Waals surface area contributed by atoms with E-state index in [2.05, 4.69) is 19.6 Å². The molecule has 0 aliphatic carbocycles. The maximum Gasteiger partial charge on any atom is 1.00 e. The molecule has 0 fully saturated rings. The number of rotatable bonds is 1. The van der Waals surface area contributed by atoms with Crippen molar-refractivity contribution in [3.63, 3.8) is 0 Å². The Morgan fingerprint density at radius 2 is 1.25 bits per heavy atom. The van der Waals surface area contributed by atoms with E-state index < -0.39 is 8.07 Å². The molecule has 0 aromatic carbocycles. The van der Waals surface area contributed by atoms with Gasteiger partial charge in [-0.25, -0.2) is 0 Å². The Labute approximate surface area is 74.1 Å². The quantitative estimate of drug-likeness (QED) is 0.372. The summed E-state index contributed by atoms with van der Waals surface area (Å²) >= 11 is 11.0. The molecule has 0 saturated heterocycles. The predicted octanol–water partition coefficient (Wildman–Crippen LogP) is -0.165. The van der Waals surface area contributed by atoms with Crippen molar-refractivity contribution < 1.29 is 18.9 Å². The van der Waals surface area contributed by atoms with Gasteiger partial charge in [-0.05, 0) is 0 Å². The van der Waals surface area contributed by atoms with Crippen molar-refractivity contribution in [2.45, 2.75) is 19.6 Å². The van der Waals surface area contributed by atoms with E-state index in [4.69, 9.17) is 23.2 Å². The first-order valence-electron chi connectivity index (χ1n) is 2.13. The number of hydrogen-bond acceptors (Lipinski definition) is 0. The fourth-order valence-corrected chi connectivity index (χ4v) is 0. The molecule has 0 aliphatic heterocycles. The standard InChI is InChI=1S/C4H9Cl2Si.Li/c1-7(2,3)4(5)6;/h1-3H3;/q-1;+1. The first kappa shape index (κ1) is 12.1. The molecule has 0 radical (unpaired) electrons. The third kappa shape index (κ3) is 5.53.